The molecule has 0 unspecified atom stereocenters. The molecule has 3 rings (SSSR count). The molecule has 1 aliphatic heterocycles. The van der Waals surface area contributed by atoms with Gasteiger partial charge in [0, 0.05) is 12.2 Å². The largest absolute Gasteiger partial charge is 0.474 e. The second kappa shape index (κ2) is 7.86. The van der Waals surface area contributed by atoms with E-state index >= 15 is 0 Å². The maximum absolute atomic E-state index is 12.5. The summed E-state index contributed by atoms with van der Waals surface area (Å²) >= 11 is 1.96. The second-order valence-electron chi connectivity index (χ2n) is 6.09. The monoisotopic (exact) mass is 320 g/mol. The molecule has 4 nitrogen and oxygen atoms in total. The Bertz CT molecular complexity index is 497. The zero-order valence-corrected chi connectivity index (χ0v) is 13.7. The Morgan fingerprint density at radius 3 is 2.73 bits per heavy atom. The summed E-state index contributed by atoms with van der Waals surface area (Å²) in [5.41, 5.74) is 0.575. The fourth-order valence-electron chi connectivity index (χ4n) is 3.12. The molecule has 0 spiro atoms. The molecule has 1 aliphatic carbocycles. The highest BCUT2D eigenvalue weighted by molar-refractivity contribution is 7.99. The van der Waals surface area contributed by atoms with Crippen molar-refractivity contribution in [3.8, 4) is 5.88 Å². The van der Waals surface area contributed by atoms with E-state index in [1.165, 1.54) is 19.3 Å². The lowest BCUT2D eigenvalue weighted by atomic mass is 9.95. The number of aromatic nitrogens is 1. The van der Waals surface area contributed by atoms with Gasteiger partial charge < -0.3 is 10.1 Å². The molecule has 1 aromatic rings. The highest BCUT2D eigenvalue weighted by atomic mass is 32.2. The molecule has 2 fully saturated rings. The van der Waals surface area contributed by atoms with Gasteiger partial charge in [-0.15, -0.1) is 0 Å². The number of hydrogen-bond acceptors (Lipinski definition) is 4. The fourth-order valence-corrected chi connectivity index (χ4v) is 4.18. The summed E-state index contributed by atoms with van der Waals surface area (Å²) in [4.78, 5) is 16.8. The third kappa shape index (κ3) is 4.15. The molecule has 1 saturated heterocycles. The molecular weight excluding hydrogens is 296 g/mol. The topological polar surface area (TPSA) is 51.2 Å². The van der Waals surface area contributed by atoms with Crippen LogP contribution in [0.3, 0.4) is 0 Å². The average Bonchev–Trinajstić information content (AvgIpc) is 2.57. The van der Waals surface area contributed by atoms with Gasteiger partial charge in [-0.1, -0.05) is 19.3 Å². The smallest absolute Gasteiger partial charge is 0.256 e. The van der Waals surface area contributed by atoms with E-state index in [1.54, 1.807) is 12.3 Å². The molecule has 1 saturated carbocycles. The van der Waals surface area contributed by atoms with Crippen LogP contribution in [0.5, 0.6) is 5.88 Å². The average molecular weight is 320 g/mol. The number of hydrogen-bond donors (Lipinski definition) is 1. The maximum atomic E-state index is 12.5. The van der Waals surface area contributed by atoms with Crippen molar-refractivity contribution >= 4 is 17.7 Å². The lowest BCUT2D eigenvalue weighted by molar-refractivity contribution is 0.0917. The first kappa shape index (κ1) is 15.7. The van der Waals surface area contributed by atoms with Crippen LogP contribution in [0.15, 0.2) is 18.3 Å². The van der Waals surface area contributed by atoms with Crippen LogP contribution in [0.2, 0.25) is 0 Å². The van der Waals surface area contributed by atoms with Crippen LogP contribution in [0.25, 0.3) is 0 Å². The first-order valence-corrected chi connectivity index (χ1v) is 9.48. The summed E-state index contributed by atoms with van der Waals surface area (Å²) in [7, 11) is 0. The van der Waals surface area contributed by atoms with Gasteiger partial charge in [-0.05, 0) is 49.3 Å². The number of carbonyl (C=O) groups excluding carboxylic acids is 1. The van der Waals surface area contributed by atoms with E-state index in [9.17, 15) is 4.79 Å². The van der Waals surface area contributed by atoms with Crippen molar-refractivity contribution < 1.29 is 9.53 Å². The molecule has 22 heavy (non-hydrogen) atoms. The van der Waals surface area contributed by atoms with Gasteiger partial charge >= 0.3 is 0 Å². The fraction of sp³-hybridized carbons (Fsp3) is 0.647. The van der Waals surface area contributed by atoms with Crippen molar-refractivity contribution in [2.45, 2.75) is 57.1 Å². The van der Waals surface area contributed by atoms with E-state index < -0.39 is 0 Å². The number of amides is 1. The van der Waals surface area contributed by atoms with Crippen molar-refractivity contribution in [1.82, 2.24) is 10.3 Å². The van der Waals surface area contributed by atoms with Crippen LogP contribution < -0.4 is 10.1 Å². The molecule has 0 aromatic carbocycles. The van der Waals surface area contributed by atoms with Gasteiger partial charge in [0.05, 0.1) is 0 Å². The van der Waals surface area contributed by atoms with Gasteiger partial charge in [0.1, 0.15) is 11.7 Å². The predicted octanol–water partition coefficient (Wildman–Crippen LogP) is 3.42. The number of pyridine rings is 1. The summed E-state index contributed by atoms with van der Waals surface area (Å²) in [5.74, 6) is 2.70. The molecule has 5 heteroatoms. The highest BCUT2D eigenvalue weighted by Crippen LogP contribution is 2.24. The van der Waals surface area contributed by atoms with Gasteiger partial charge in [-0.3, -0.25) is 4.79 Å². The third-order valence-corrected chi connectivity index (χ3v) is 5.45. The first-order chi connectivity index (χ1) is 10.8. The molecule has 2 heterocycles. The molecule has 120 valence electrons. The lowest BCUT2D eigenvalue weighted by Gasteiger charge is -2.25. The van der Waals surface area contributed by atoms with Crippen LogP contribution in [0.4, 0.5) is 0 Å². The van der Waals surface area contributed by atoms with E-state index in [0.717, 1.165) is 37.2 Å². The van der Waals surface area contributed by atoms with E-state index in [4.69, 9.17) is 4.74 Å². The van der Waals surface area contributed by atoms with Gasteiger partial charge in [0.15, 0.2) is 0 Å². The normalized spacial score (nSPS) is 20.5. The van der Waals surface area contributed by atoms with Crippen LogP contribution >= 0.6 is 11.8 Å². The number of nitrogens with one attached hydrogen (secondary N) is 1. The third-order valence-electron chi connectivity index (χ3n) is 4.40. The van der Waals surface area contributed by atoms with E-state index in [2.05, 4.69) is 10.3 Å². The molecule has 1 N–H and O–H groups in total. The van der Waals surface area contributed by atoms with E-state index in [1.807, 2.05) is 17.8 Å². The maximum Gasteiger partial charge on any atom is 0.256 e. The van der Waals surface area contributed by atoms with Gasteiger partial charge in [-0.2, -0.15) is 11.8 Å². The van der Waals surface area contributed by atoms with Gasteiger partial charge in [-0.25, -0.2) is 4.98 Å². The van der Waals surface area contributed by atoms with Crippen molar-refractivity contribution in [2.75, 3.05) is 11.5 Å². The first-order valence-electron chi connectivity index (χ1n) is 8.33. The zero-order chi connectivity index (χ0) is 15.2. The summed E-state index contributed by atoms with van der Waals surface area (Å²) in [6.45, 7) is 0. The second-order valence-corrected chi connectivity index (χ2v) is 7.32. The molecule has 0 radical (unpaired) electrons. The summed E-state index contributed by atoms with van der Waals surface area (Å²) < 4.78 is 6.01. The van der Waals surface area contributed by atoms with Crippen LogP contribution in [-0.4, -0.2) is 34.5 Å². The minimum absolute atomic E-state index is 0.0415. The lowest BCUT2D eigenvalue weighted by Crippen LogP contribution is -2.36. The standard InChI is InChI=1S/C17H24N2O2S/c20-16(19-13-5-2-1-3-6-13)15-7-4-10-18-17(15)21-14-8-11-22-12-9-14/h4,7,10,13-14H,1-3,5-6,8-9,11-12H2,(H,19,20). The summed E-state index contributed by atoms with van der Waals surface area (Å²) in [6.07, 6.45) is 9.83. The van der Waals surface area contributed by atoms with E-state index in [-0.39, 0.29) is 12.0 Å². The zero-order valence-electron chi connectivity index (χ0n) is 12.9. The van der Waals surface area contributed by atoms with Crippen LogP contribution in [-0.2, 0) is 0 Å². The Balaban J connectivity index is 1.65. The minimum atomic E-state index is -0.0415. The molecule has 1 amide bonds. The predicted molar refractivity (Wildman–Crippen MR) is 89.6 cm³/mol. The van der Waals surface area contributed by atoms with Gasteiger partial charge in [0.25, 0.3) is 5.91 Å². The Kier molecular flexibility index (Phi) is 5.59. The highest BCUT2D eigenvalue weighted by Gasteiger charge is 2.22. The van der Waals surface area contributed by atoms with Crippen molar-refractivity contribution in [2.24, 2.45) is 0 Å². The van der Waals surface area contributed by atoms with Crippen molar-refractivity contribution in [3.63, 3.8) is 0 Å². The molecule has 0 atom stereocenters. The number of carbonyl (C=O) groups is 1. The summed E-state index contributed by atoms with van der Waals surface area (Å²) in [6, 6.07) is 3.93. The SMILES string of the molecule is O=C(NC1CCCCC1)c1cccnc1OC1CCSCC1. The quantitative estimate of drug-likeness (QED) is 0.923. The van der Waals surface area contributed by atoms with Gasteiger partial charge in [0.2, 0.25) is 5.88 Å². The minimum Gasteiger partial charge on any atom is -0.474 e. The molecule has 2 aliphatic rings. The van der Waals surface area contributed by atoms with Crippen LogP contribution in [0, 0.1) is 0 Å². The Hall–Kier alpha value is -1.23. The number of nitrogens with zero attached hydrogens (tertiary/aromatic N) is 1. The Morgan fingerprint density at radius 1 is 1.18 bits per heavy atom. The Labute approximate surface area is 136 Å². The van der Waals surface area contributed by atoms with Crippen LogP contribution in [0.1, 0.15) is 55.3 Å². The van der Waals surface area contributed by atoms with Crippen molar-refractivity contribution in [1.29, 1.82) is 0 Å². The number of thioether (sulfide) groups is 1. The van der Waals surface area contributed by atoms with E-state index in [0.29, 0.717) is 17.5 Å². The molecule has 1 aromatic heterocycles. The number of ether oxygens (including phenoxy) is 1. The molecular formula is C17H24N2O2S. The summed E-state index contributed by atoms with van der Waals surface area (Å²) in [5, 5.41) is 3.15. The Morgan fingerprint density at radius 2 is 1.95 bits per heavy atom. The molecule has 0 bridgehead atoms. The van der Waals surface area contributed by atoms with Crippen molar-refractivity contribution in [3.05, 3.63) is 23.9 Å². The number of rotatable bonds is 4.